The molecule has 2 amide bonds. The van der Waals surface area contributed by atoms with Crippen LogP contribution < -0.4 is 10.2 Å². The number of esters is 1. The van der Waals surface area contributed by atoms with Crippen molar-refractivity contribution in [2.45, 2.75) is 20.0 Å². The molecule has 138 valence electrons. The van der Waals surface area contributed by atoms with Gasteiger partial charge in [0.15, 0.2) is 6.10 Å². The van der Waals surface area contributed by atoms with Gasteiger partial charge >= 0.3 is 5.97 Å². The summed E-state index contributed by atoms with van der Waals surface area (Å²) in [7, 11) is 0. The molecule has 2 aromatic rings. The van der Waals surface area contributed by atoms with Gasteiger partial charge in [-0.3, -0.25) is 24.1 Å². The van der Waals surface area contributed by atoms with Gasteiger partial charge in [0.25, 0.3) is 17.6 Å². The largest absolute Gasteiger partial charge is 0.451 e. The molecule has 1 aliphatic heterocycles. The van der Waals surface area contributed by atoms with Crippen LogP contribution in [-0.4, -0.2) is 36.2 Å². The van der Waals surface area contributed by atoms with E-state index < -0.39 is 36.2 Å². The Morgan fingerprint density at radius 2 is 1.74 bits per heavy atom. The zero-order valence-corrected chi connectivity index (χ0v) is 14.9. The fourth-order valence-electron chi connectivity index (χ4n) is 2.70. The minimum Gasteiger partial charge on any atom is -0.451 e. The van der Waals surface area contributed by atoms with Crippen LogP contribution in [0.3, 0.4) is 0 Å². The molecule has 0 radical (unpaired) electrons. The second-order valence-corrected chi connectivity index (χ2v) is 6.22. The van der Waals surface area contributed by atoms with Gasteiger partial charge in [0.2, 0.25) is 0 Å². The maximum absolute atomic E-state index is 12.2. The summed E-state index contributed by atoms with van der Waals surface area (Å²) in [5, 5.41) is 2.65. The standard InChI is InChI=1S/C20H18N2O5/c1-12-7-9-14(10-8-12)21-19(25)13(2)27-17(23)11-22-16-6-4-3-5-15(16)18(24)20(22)26/h3-10,13H,11H2,1-2H3,(H,21,25)/t13-/m1/s1. The maximum atomic E-state index is 12.2. The van der Waals surface area contributed by atoms with E-state index in [2.05, 4.69) is 5.32 Å². The molecule has 1 aliphatic rings. The van der Waals surface area contributed by atoms with Crippen molar-refractivity contribution in [3.05, 3.63) is 59.7 Å². The lowest BCUT2D eigenvalue weighted by molar-refractivity contribution is -0.152. The van der Waals surface area contributed by atoms with Crippen molar-refractivity contribution in [3.63, 3.8) is 0 Å². The molecule has 1 atom stereocenters. The molecular weight excluding hydrogens is 348 g/mol. The number of ketones is 1. The van der Waals surface area contributed by atoms with Gasteiger partial charge in [0.05, 0.1) is 11.3 Å². The first-order chi connectivity index (χ1) is 12.9. The Balaban J connectivity index is 1.60. The summed E-state index contributed by atoms with van der Waals surface area (Å²) >= 11 is 0. The third kappa shape index (κ3) is 3.87. The van der Waals surface area contributed by atoms with Crippen LogP contribution >= 0.6 is 0 Å². The van der Waals surface area contributed by atoms with Gasteiger partial charge in [-0.2, -0.15) is 0 Å². The highest BCUT2D eigenvalue weighted by Gasteiger charge is 2.37. The second-order valence-electron chi connectivity index (χ2n) is 6.22. The molecule has 0 spiro atoms. The number of anilines is 2. The highest BCUT2D eigenvalue weighted by atomic mass is 16.5. The molecule has 3 rings (SSSR count). The minimum absolute atomic E-state index is 0.250. The van der Waals surface area contributed by atoms with Gasteiger partial charge in [-0.15, -0.1) is 0 Å². The van der Waals surface area contributed by atoms with E-state index >= 15 is 0 Å². The van der Waals surface area contributed by atoms with E-state index in [0.717, 1.165) is 10.5 Å². The topological polar surface area (TPSA) is 92.8 Å². The number of benzene rings is 2. The van der Waals surface area contributed by atoms with Gasteiger partial charge in [-0.05, 0) is 38.1 Å². The lowest BCUT2D eigenvalue weighted by Crippen LogP contribution is -2.38. The average Bonchev–Trinajstić information content (AvgIpc) is 2.89. The molecule has 2 aromatic carbocycles. The SMILES string of the molecule is Cc1ccc(NC(=O)[C@@H](C)OC(=O)CN2C(=O)C(=O)c3ccccc32)cc1. The summed E-state index contributed by atoms with van der Waals surface area (Å²) in [4.78, 5) is 49.4. The number of fused-ring (bicyclic) bond motifs is 1. The van der Waals surface area contributed by atoms with Gasteiger partial charge in [0, 0.05) is 5.69 Å². The van der Waals surface area contributed by atoms with Crippen molar-refractivity contribution in [1.29, 1.82) is 0 Å². The number of aryl methyl sites for hydroxylation is 1. The number of carbonyl (C=O) groups is 4. The Kier molecular flexibility index (Phi) is 5.03. The normalized spacial score (nSPS) is 13.9. The first-order valence-electron chi connectivity index (χ1n) is 8.39. The Bertz CT molecular complexity index is 920. The first kappa shape index (κ1) is 18.3. The molecule has 7 nitrogen and oxygen atoms in total. The minimum atomic E-state index is -1.05. The lowest BCUT2D eigenvalue weighted by Gasteiger charge is -2.18. The van der Waals surface area contributed by atoms with Crippen molar-refractivity contribution in [1.82, 2.24) is 0 Å². The number of carbonyl (C=O) groups excluding carboxylic acids is 4. The molecule has 0 fully saturated rings. The van der Waals surface area contributed by atoms with E-state index in [1.807, 2.05) is 19.1 Å². The van der Waals surface area contributed by atoms with Gasteiger partial charge in [-0.25, -0.2) is 0 Å². The van der Waals surface area contributed by atoms with Crippen LogP contribution in [-0.2, 0) is 19.1 Å². The second kappa shape index (κ2) is 7.41. The number of Topliss-reactive ketones (excluding diaryl/α,β-unsaturated/α-hetero) is 1. The molecule has 27 heavy (non-hydrogen) atoms. The summed E-state index contributed by atoms with van der Waals surface area (Å²) < 4.78 is 5.11. The molecule has 0 unspecified atom stereocenters. The summed E-state index contributed by atoms with van der Waals surface area (Å²) in [6.45, 7) is 2.93. The number of hydrogen-bond donors (Lipinski definition) is 1. The zero-order chi connectivity index (χ0) is 19.6. The van der Waals surface area contributed by atoms with Gasteiger partial charge in [0.1, 0.15) is 6.54 Å². The summed E-state index contributed by atoms with van der Waals surface area (Å²) in [6.07, 6.45) is -1.05. The number of amides is 2. The first-order valence-corrected chi connectivity index (χ1v) is 8.39. The van der Waals surface area contributed by atoms with Gasteiger partial charge in [-0.1, -0.05) is 29.8 Å². The fourth-order valence-corrected chi connectivity index (χ4v) is 2.70. The lowest BCUT2D eigenvalue weighted by atomic mass is 10.1. The number of para-hydroxylation sites is 1. The number of nitrogens with zero attached hydrogens (tertiary/aromatic N) is 1. The van der Waals surface area contributed by atoms with E-state index in [0.29, 0.717) is 11.4 Å². The molecule has 0 saturated heterocycles. The Morgan fingerprint density at radius 3 is 2.44 bits per heavy atom. The smallest absolute Gasteiger partial charge is 0.326 e. The predicted octanol–water partition coefficient (Wildman–Crippen LogP) is 2.09. The molecule has 0 bridgehead atoms. The molecule has 0 aromatic heterocycles. The molecule has 1 heterocycles. The molecule has 1 N–H and O–H groups in total. The Morgan fingerprint density at radius 1 is 1.07 bits per heavy atom. The predicted molar refractivity (Wildman–Crippen MR) is 98.5 cm³/mol. The number of nitrogens with one attached hydrogen (secondary N) is 1. The van der Waals surface area contributed by atoms with Crippen LogP contribution in [0.15, 0.2) is 48.5 Å². The van der Waals surface area contributed by atoms with Crippen LogP contribution in [0.1, 0.15) is 22.8 Å². The third-order valence-corrected chi connectivity index (χ3v) is 4.16. The van der Waals surface area contributed by atoms with Crippen molar-refractivity contribution in [2.75, 3.05) is 16.8 Å². The summed E-state index contributed by atoms with van der Waals surface area (Å²) in [6, 6.07) is 13.6. The molecular formula is C20H18N2O5. The molecule has 0 saturated carbocycles. The number of hydrogen-bond acceptors (Lipinski definition) is 5. The number of ether oxygens (including phenoxy) is 1. The van der Waals surface area contributed by atoms with Crippen LogP contribution in [0.4, 0.5) is 11.4 Å². The maximum Gasteiger partial charge on any atom is 0.326 e. The highest BCUT2D eigenvalue weighted by molar-refractivity contribution is 6.52. The van der Waals surface area contributed by atoms with Crippen molar-refractivity contribution in [2.24, 2.45) is 0 Å². The molecule has 0 aliphatic carbocycles. The van der Waals surface area contributed by atoms with Crippen molar-refractivity contribution >= 4 is 34.9 Å². The Labute approximate surface area is 155 Å². The van der Waals surface area contributed by atoms with E-state index in [-0.39, 0.29) is 5.56 Å². The molecule has 7 heteroatoms. The average molecular weight is 366 g/mol. The van der Waals surface area contributed by atoms with Crippen LogP contribution in [0.25, 0.3) is 0 Å². The quantitative estimate of drug-likeness (QED) is 0.646. The van der Waals surface area contributed by atoms with Crippen molar-refractivity contribution in [3.8, 4) is 0 Å². The van der Waals surface area contributed by atoms with E-state index in [1.165, 1.54) is 13.0 Å². The summed E-state index contributed by atoms with van der Waals surface area (Å²) in [5.74, 6) is -2.72. The number of rotatable bonds is 5. The third-order valence-electron chi connectivity index (χ3n) is 4.16. The van der Waals surface area contributed by atoms with Gasteiger partial charge < -0.3 is 10.1 Å². The summed E-state index contributed by atoms with van der Waals surface area (Å²) in [5.41, 5.74) is 2.25. The van der Waals surface area contributed by atoms with E-state index in [9.17, 15) is 19.2 Å². The Hall–Kier alpha value is -3.48. The van der Waals surface area contributed by atoms with Crippen LogP contribution in [0, 0.1) is 6.92 Å². The highest BCUT2D eigenvalue weighted by Crippen LogP contribution is 2.28. The fraction of sp³-hybridized carbons (Fsp3) is 0.200. The zero-order valence-electron chi connectivity index (χ0n) is 14.9. The monoisotopic (exact) mass is 366 g/mol. The van der Waals surface area contributed by atoms with E-state index in [4.69, 9.17) is 4.74 Å². The van der Waals surface area contributed by atoms with Crippen molar-refractivity contribution < 1.29 is 23.9 Å². The van der Waals surface area contributed by atoms with E-state index in [1.54, 1.807) is 30.3 Å². The van der Waals surface area contributed by atoms with Crippen LogP contribution in [0.2, 0.25) is 0 Å². The van der Waals surface area contributed by atoms with Crippen LogP contribution in [0.5, 0.6) is 0 Å².